The molecule has 2 aromatic rings. The molecule has 1 aliphatic heterocycles. The molecule has 1 aromatic carbocycles. The summed E-state index contributed by atoms with van der Waals surface area (Å²) in [6.07, 6.45) is 4.50. The average Bonchev–Trinajstić information content (AvgIpc) is 3.33. The summed E-state index contributed by atoms with van der Waals surface area (Å²) in [5.74, 6) is 1.21. The van der Waals surface area contributed by atoms with Crippen molar-refractivity contribution in [1.29, 1.82) is 0 Å². The average molecular weight is 411 g/mol. The van der Waals surface area contributed by atoms with Gasteiger partial charge in [0.2, 0.25) is 5.91 Å². The summed E-state index contributed by atoms with van der Waals surface area (Å²) < 4.78 is 5.22. The van der Waals surface area contributed by atoms with Crippen LogP contribution in [0.2, 0.25) is 0 Å². The second kappa shape index (κ2) is 9.43. The van der Waals surface area contributed by atoms with Crippen LogP contribution in [0.1, 0.15) is 36.2 Å². The summed E-state index contributed by atoms with van der Waals surface area (Å²) >= 11 is 0. The summed E-state index contributed by atoms with van der Waals surface area (Å²) in [6, 6.07) is 9.23. The van der Waals surface area contributed by atoms with Crippen molar-refractivity contribution in [2.24, 2.45) is 5.92 Å². The molecule has 2 aliphatic rings. The number of hydrogen-bond donors (Lipinski definition) is 1. The molecular weight excluding hydrogens is 380 g/mol. The number of nitrogens with one attached hydrogen (secondary N) is 1. The van der Waals surface area contributed by atoms with Crippen molar-refractivity contribution in [1.82, 2.24) is 20.1 Å². The highest BCUT2D eigenvalue weighted by molar-refractivity contribution is 5.95. The van der Waals surface area contributed by atoms with Crippen LogP contribution in [0, 0.1) is 5.92 Å². The smallest absolute Gasteiger partial charge is 0.269 e. The van der Waals surface area contributed by atoms with E-state index in [9.17, 15) is 9.59 Å². The Morgan fingerprint density at radius 1 is 1.10 bits per heavy atom. The van der Waals surface area contributed by atoms with E-state index in [4.69, 9.17) is 4.74 Å². The first-order chi connectivity index (χ1) is 14.6. The molecule has 1 aromatic heterocycles. The third kappa shape index (κ3) is 4.73. The van der Waals surface area contributed by atoms with Gasteiger partial charge in [0, 0.05) is 50.6 Å². The zero-order valence-electron chi connectivity index (χ0n) is 17.6. The first-order valence-corrected chi connectivity index (χ1v) is 10.9. The van der Waals surface area contributed by atoms with Gasteiger partial charge in [-0.15, -0.1) is 0 Å². The van der Waals surface area contributed by atoms with Crippen LogP contribution in [0.25, 0.3) is 10.9 Å². The molecule has 4 rings (SSSR count). The summed E-state index contributed by atoms with van der Waals surface area (Å²) in [5, 5.41) is 3.90. The molecule has 7 heteroatoms. The highest BCUT2D eigenvalue weighted by Gasteiger charge is 2.29. The number of carbonyl (C=O) groups is 2. The standard InChI is InChI=1S/C23H30N4O3/c1-30-19-7-9-20-18(16-19)6-8-21(25-20)22(28)24-10-11-26-12-14-27(15-13-26)23(29)17-4-2-3-5-17/h6-9,16-17H,2-5,10-15H2,1H3,(H,24,28). The summed E-state index contributed by atoms with van der Waals surface area (Å²) in [4.78, 5) is 33.8. The van der Waals surface area contributed by atoms with Crippen molar-refractivity contribution in [3.63, 3.8) is 0 Å². The van der Waals surface area contributed by atoms with Gasteiger partial charge in [-0.05, 0) is 37.1 Å². The van der Waals surface area contributed by atoms with E-state index in [-0.39, 0.29) is 11.8 Å². The fraction of sp³-hybridized carbons (Fsp3) is 0.522. The molecule has 1 saturated heterocycles. The number of nitrogens with zero attached hydrogens (tertiary/aromatic N) is 3. The van der Waals surface area contributed by atoms with Crippen LogP contribution in [0.5, 0.6) is 5.75 Å². The monoisotopic (exact) mass is 410 g/mol. The number of pyridine rings is 1. The number of carbonyl (C=O) groups excluding carboxylic acids is 2. The molecule has 0 spiro atoms. The van der Waals surface area contributed by atoms with Crippen LogP contribution in [0.3, 0.4) is 0 Å². The normalized spacial score (nSPS) is 18.0. The number of rotatable bonds is 6. The van der Waals surface area contributed by atoms with Crippen LogP contribution < -0.4 is 10.1 Å². The maximum atomic E-state index is 12.5. The molecule has 2 amide bonds. The van der Waals surface area contributed by atoms with E-state index in [0.29, 0.717) is 18.1 Å². The number of benzene rings is 1. The fourth-order valence-electron chi connectivity index (χ4n) is 4.40. The number of piperazine rings is 1. The summed E-state index contributed by atoms with van der Waals surface area (Å²) in [6.45, 7) is 4.66. The van der Waals surface area contributed by atoms with Crippen molar-refractivity contribution in [2.75, 3.05) is 46.4 Å². The van der Waals surface area contributed by atoms with Gasteiger partial charge in [-0.1, -0.05) is 18.9 Å². The fourth-order valence-corrected chi connectivity index (χ4v) is 4.40. The lowest BCUT2D eigenvalue weighted by Crippen LogP contribution is -2.51. The predicted molar refractivity (Wildman–Crippen MR) is 116 cm³/mol. The second-order valence-corrected chi connectivity index (χ2v) is 8.16. The van der Waals surface area contributed by atoms with E-state index in [1.165, 1.54) is 12.8 Å². The van der Waals surface area contributed by atoms with Crippen LogP contribution in [-0.2, 0) is 4.79 Å². The maximum Gasteiger partial charge on any atom is 0.269 e. The first-order valence-electron chi connectivity index (χ1n) is 10.9. The largest absolute Gasteiger partial charge is 0.497 e. The molecule has 7 nitrogen and oxygen atoms in total. The lowest BCUT2D eigenvalue weighted by atomic mass is 10.1. The molecule has 1 N–H and O–H groups in total. The molecule has 1 aliphatic carbocycles. The minimum atomic E-state index is -0.164. The Bertz CT molecular complexity index is 902. The van der Waals surface area contributed by atoms with Gasteiger partial charge < -0.3 is 15.0 Å². The van der Waals surface area contributed by atoms with Gasteiger partial charge in [0.15, 0.2) is 0 Å². The predicted octanol–water partition coefficient (Wildman–Crippen LogP) is 2.31. The van der Waals surface area contributed by atoms with E-state index >= 15 is 0 Å². The number of amides is 2. The van der Waals surface area contributed by atoms with Gasteiger partial charge in [0.25, 0.3) is 5.91 Å². The van der Waals surface area contributed by atoms with Gasteiger partial charge in [-0.25, -0.2) is 4.98 Å². The zero-order chi connectivity index (χ0) is 20.9. The molecule has 0 atom stereocenters. The summed E-state index contributed by atoms with van der Waals surface area (Å²) in [5.41, 5.74) is 1.19. The Balaban J connectivity index is 1.22. The Hall–Kier alpha value is -2.67. The van der Waals surface area contributed by atoms with Crippen molar-refractivity contribution >= 4 is 22.7 Å². The lowest BCUT2D eigenvalue weighted by molar-refractivity contribution is -0.137. The molecule has 2 fully saturated rings. The highest BCUT2D eigenvalue weighted by atomic mass is 16.5. The topological polar surface area (TPSA) is 74.8 Å². The molecular formula is C23H30N4O3. The van der Waals surface area contributed by atoms with Crippen LogP contribution in [0.15, 0.2) is 30.3 Å². The quantitative estimate of drug-likeness (QED) is 0.791. The third-order valence-electron chi connectivity index (χ3n) is 6.23. The van der Waals surface area contributed by atoms with Crippen molar-refractivity contribution in [2.45, 2.75) is 25.7 Å². The Labute approximate surface area is 177 Å². The molecule has 160 valence electrons. The van der Waals surface area contributed by atoms with E-state index in [1.807, 2.05) is 29.2 Å². The number of ether oxygens (including phenoxy) is 1. The molecule has 30 heavy (non-hydrogen) atoms. The lowest BCUT2D eigenvalue weighted by Gasteiger charge is -2.36. The van der Waals surface area contributed by atoms with Crippen molar-refractivity contribution in [3.05, 3.63) is 36.0 Å². The minimum Gasteiger partial charge on any atom is -0.497 e. The minimum absolute atomic E-state index is 0.164. The van der Waals surface area contributed by atoms with E-state index < -0.39 is 0 Å². The third-order valence-corrected chi connectivity index (χ3v) is 6.23. The van der Waals surface area contributed by atoms with Gasteiger partial charge in [-0.3, -0.25) is 14.5 Å². The van der Waals surface area contributed by atoms with Crippen LogP contribution in [-0.4, -0.2) is 73.0 Å². The number of fused-ring (bicyclic) bond motifs is 1. The van der Waals surface area contributed by atoms with Gasteiger partial charge in [0.05, 0.1) is 12.6 Å². The first kappa shape index (κ1) is 20.6. The zero-order valence-corrected chi connectivity index (χ0v) is 17.6. The van der Waals surface area contributed by atoms with Crippen molar-refractivity contribution in [3.8, 4) is 5.75 Å². The number of methoxy groups -OCH3 is 1. The number of hydrogen-bond acceptors (Lipinski definition) is 5. The highest BCUT2D eigenvalue weighted by Crippen LogP contribution is 2.27. The second-order valence-electron chi connectivity index (χ2n) is 8.16. The van der Waals surface area contributed by atoms with Gasteiger partial charge in [0.1, 0.15) is 11.4 Å². The van der Waals surface area contributed by atoms with E-state index in [0.717, 1.165) is 62.2 Å². The molecule has 0 radical (unpaired) electrons. The number of aromatic nitrogens is 1. The molecule has 0 bridgehead atoms. The van der Waals surface area contributed by atoms with Crippen LogP contribution in [0.4, 0.5) is 0 Å². The molecule has 2 heterocycles. The van der Waals surface area contributed by atoms with Crippen molar-refractivity contribution < 1.29 is 14.3 Å². The summed E-state index contributed by atoms with van der Waals surface area (Å²) in [7, 11) is 1.63. The van der Waals surface area contributed by atoms with Gasteiger partial charge in [-0.2, -0.15) is 0 Å². The maximum absolute atomic E-state index is 12.5. The Morgan fingerprint density at radius 3 is 2.60 bits per heavy atom. The molecule has 0 unspecified atom stereocenters. The SMILES string of the molecule is COc1ccc2nc(C(=O)NCCN3CCN(C(=O)C4CCCC4)CC3)ccc2c1. The van der Waals surface area contributed by atoms with E-state index in [1.54, 1.807) is 13.2 Å². The molecule has 1 saturated carbocycles. The van der Waals surface area contributed by atoms with Gasteiger partial charge >= 0.3 is 0 Å². The Morgan fingerprint density at radius 2 is 1.87 bits per heavy atom. The van der Waals surface area contributed by atoms with Crippen LogP contribution >= 0.6 is 0 Å². The van der Waals surface area contributed by atoms with E-state index in [2.05, 4.69) is 15.2 Å². The Kier molecular flexibility index (Phi) is 6.47.